The van der Waals surface area contributed by atoms with E-state index in [2.05, 4.69) is 4.98 Å². The van der Waals surface area contributed by atoms with Crippen LogP contribution in [0.1, 0.15) is 10.4 Å². The zero-order valence-electron chi connectivity index (χ0n) is 17.1. The number of hydrogen-bond donors (Lipinski definition) is 7. The Morgan fingerprint density at radius 3 is 2.41 bits per heavy atom. The third-order valence-corrected chi connectivity index (χ3v) is 5.11. The van der Waals surface area contributed by atoms with Crippen LogP contribution in [0.4, 0.5) is 0 Å². The van der Waals surface area contributed by atoms with Gasteiger partial charge in [-0.2, -0.15) is 0 Å². The fourth-order valence-corrected chi connectivity index (χ4v) is 3.39. The van der Waals surface area contributed by atoms with Crippen LogP contribution in [0.15, 0.2) is 44.7 Å². The maximum atomic E-state index is 13.3. The second-order valence-electron chi connectivity index (χ2n) is 7.32. The van der Waals surface area contributed by atoms with E-state index in [-0.39, 0.29) is 27.6 Å². The van der Waals surface area contributed by atoms with Crippen molar-refractivity contribution in [3.05, 3.63) is 56.7 Å². The van der Waals surface area contributed by atoms with E-state index >= 15 is 0 Å². The van der Waals surface area contributed by atoms with E-state index in [1.165, 1.54) is 0 Å². The monoisotopic (exact) mass is 471 g/mol. The number of H-pyrrole nitrogens is 1. The van der Waals surface area contributed by atoms with Crippen molar-refractivity contribution >= 4 is 27.8 Å². The molecule has 4 aromatic rings. The molecule has 2 heterocycles. The zero-order valence-corrected chi connectivity index (χ0v) is 17.1. The summed E-state index contributed by atoms with van der Waals surface area (Å²) in [5.74, 6) is -4.12. The second kappa shape index (κ2) is 8.42. The predicted molar refractivity (Wildman–Crippen MR) is 116 cm³/mol. The van der Waals surface area contributed by atoms with Crippen molar-refractivity contribution in [2.45, 2.75) is 6.10 Å². The number of nitrogens with one attached hydrogen (secondary N) is 1. The van der Waals surface area contributed by atoms with Crippen LogP contribution in [0.3, 0.4) is 0 Å². The number of aliphatic hydroxyl groups is 2. The molecule has 2 aromatic heterocycles. The molecule has 0 bridgehead atoms. The van der Waals surface area contributed by atoms with E-state index in [1.807, 2.05) is 0 Å². The maximum Gasteiger partial charge on any atom is 0.343 e. The Kier molecular flexibility index (Phi) is 5.61. The van der Waals surface area contributed by atoms with Crippen LogP contribution < -0.4 is 10.9 Å². The molecule has 176 valence electrons. The van der Waals surface area contributed by atoms with Crippen molar-refractivity contribution < 1.29 is 44.6 Å². The highest BCUT2D eigenvalue weighted by molar-refractivity contribution is 6.07. The molecule has 34 heavy (non-hydrogen) atoms. The van der Waals surface area contributed by atoms with Gasteiger partial charge in [0.2, 0.25) is 5.43 Å². The molecule has 1 unspecified atom stereocenters. The molecule has 0 amide bonds. The summed E-state index contributed by atoms with van der Waals surface area (Å²) < 4.78 is 10.2. The number of aromatic hydroxyl groups is 4. The number of carbonyl (C=O) groups is 1. The van der Waals surface area contributed by atoms with Crippen molar-refractivity contribution in [3.63, 3.8) is 0 Å². The van der Waals surface area contributed by atoms with Crippen LogP contribution in [-0.4, -0.2) is 60.9 Å². The van der Waals surface area contributed by atoms with Crippen molar-refractivity contribution in [1.29, 1.82) is 0 Å². The molecule has 4 rings (SSSR count). The number of ether oxygens (including phenoxy) is 1. The average Bonchev–Trinajstić information content (AvgIpc) is 2.81. The topological polar surface area (TPSA) is 211 Å². The molecule has 0 radical (unpaired) electrons. The Morgan fingerprint density at radius 2 is 1.71 bits per heavy atom. The number of aliphatic hydroxyl groups excluding tert-OH is 2. The predicted octanol–water partition coefficient (Wildman–Crippen LogP) is 0.634. The minimum atomic E-state index is -1.42. The van der Waals surface area contributed by atoms with Gasteiger partial charge in [0.25, 0.3) is 0 Å². The summed E-state index contributed by atoms with van der Waals surface area (Å²) in [6, 6.07) is 3.02. The van der Waals surface area contributed by atoms with Gasteiger partial charge < -0.3 is 44.8 Å². The number of fused-ring (bicyclic) bond motifs is 2. The molecule has 2 aromatic carbocycles. The van der Waals surface area contributed by atoms with Crippen LogP contribution in [0.25, 0.3) is 33.0 Å². The minimum Gasteiger partial charge on any atom is -0.504 e. The lowest BCUT2D eigenvalue weighted by Gasteiger charge is -2.12. The SMILES string of the molecule is O=C(OCC(O)CO)c1c(O)c(O)cc2occ(-c3c[nH]c4cc(O)c(O)cc4c3=O)c(=O)c12. The standard InChI is InChI=1S/C22H17NO11/c24-5-8(25)6-34-22(32)18-17-16(3-15(28)21(18)31)33-7-11(20(17)30)10-4-23-12-2-14(27)13(26)1-9(12)19(10)29/h1-4,7-8,24-28,31H,5-6H2,(H,23,29). The summed E-state index contributed by atoms with van der Waals surface area (Å²) in [7, 11) is 0. The Morgan fingerprint density at radius 1 is 1.00 bits per heavy atom. The molecule has 1 atom stereocenters. The van der Waals surface area contributed by atoms with Gasteiger partial charge in [0.1, 0.15) is 30.1 Å². The summed E-state index contributed by atoms with van der Waals surface area (Å²) in [6.45, 7) is -1.39. The summed E-state index contributed by atoms with van der Waals surface area (Å²) >= 11 is 0. The second-order valence-corrected chi connectivity index (χ2v) is 7.32. The smallest absolute Gasteiger partial charge is 0.343 e. The van der Waals surface area contributed by atoms with Crippen LogP contribution in [0, 0.1) is 0 Å². The first kappa shape index (κ1) is 22.6. The fraction of sp³-hybridized carbons (Fsp3) is 0.136. The normalized spacial score (nSPS) is 12.2. The number of aromatic nitrogens is 1. The molecule has 0 saturated heterocycles. The van der Waals surface area contributed by atoms with Gasteiger partial charge in [-0.3, -0.25) is 9.59 Å². The molecule has 12 nitrogen and oxygen atoms in total. The summed E-state index contributed by atoms with van der Waals surface area (Å²) in [5.41, 5.74) is -3.08. The number of carbonyl (C=O) groups excluding carboxylic acids is 1. The molecule has 0 fully saturated rings. The molecule has 0 aliphatic heterocycles. The number of aromatic amines is 1. The van der Waals surface area contributed by atoms with Crippen molar-refractivity contribution in [2.24, 2.45) is 0 Å². The summed E-state index contributed by atoms with van der Waals surface area (Å²) in [5, 5.41) is 57.3. The van der Waals surface area contributed by atoms with Gasteiger partial charge in [0, 0.05) is 18.3 Å². The lowest BCUT2D eigenvalue weighted by Crippen LogP contribution is -2.23. The molecule has 0 aliphatic rings. The lowest BCUT2D eigenvalue weighted by molar-refractivity contribution is 0.00924. The van der Waals surface area contributed by atoms with Gasteiger partial charge in [-0.15, -0.1) is 0 Å². The van der Waals surface area contributed by atoms with Gasteiger partial charge in [0.05, 0.1) is 34.0 Å². The number of phenolic OH excluding ortho intramolecular Hbond substituents is 4. The van der Waals surface area contributed by atoms with Crippen molar-refractivity contribution in [3.8, 4) is 34.1 Å². The zero-order chi connectivity index (χ0) is 24.7. The number of rotatable bonds is 5. The third kappa shape index (κ3) is 3.66. The van der Waals surface area contributed by atoms with E-state index in [1.54, 1.807) is 0 Å². The molecule has 12 heteroatoms. The summed E-state index contributed by atoms with van der Waals surface area (Å²) in [6.07, 6.45) is 0.658. The minimum absolute atomic E-state index is 0.0570. The number of esters is 1. The maximum absolute atomic E-state index is 13.3. The number of hydrogen-bond acceptors (Lipinski definition) is 11. The van der Waals surface area contributed by atoms with Crippen molar-refractivity contribution in [1.82, 2.24) is 4.98 Å². The van der Waals surface area contributed by atoms with Gasteiger partial charge in [0.15, 0.2) is 28.4 Å². The Labute approximate surface area is 188 Å². The van der Waals surface area contributed by atoms with E-state index in [4.69, 9.17) is 14.3 Å². The lowest BCUT2D eigenvalue weighted by atomic mass is 10.0. The number of phenols is 4. The van der Waals surface area contributed by atoms with E-state index in [0.29, 0.717) is 0 Å². The largest absolute Gasteiger partial charge is 0.504 e. The van der Waals surface area contributed by atoms with Gasteiger partial charge in [-0.1, -0.05) is 0 Å². The number of benzene rings is 2. The van der Waals surface area contributed by atoms with Crippen LogP contribution in [0.5, 0.6) is 23.0 Å². The molecule has 0 saturated carbocycles. The highest BCUT2D eigenvalue weighted by atomic mass is 16.5. The van der Waals surface area contributed by atoms with Crippen LogP contribution in [0.2, 0.25) is 0 Å². The third-order valence-electron chi connectivity index (χ3n) is 5.11. The Hall–Kier alpha value is -4.55. The van der Waals surface area contributed by atoms with E-state index in [9.17, 15) is 39.9 Å². The van der Waals surface area contributed by atoms with Gasteiger partial charge >= 0.3 is 5.97 Å². The van der Waals surface area contributed by atoms with E-state index < -0.39 is 70.1 Å². The molecular formula is C22H17NO11. The van der Waals surface area contributed by atoms with Gasteiger partial charge in [-0.05, 0) is 6.07 Å². The van der Waals surface area contributed by atoms with Crippen molar-refractivity contribution in [2.75, 3.05) is 13.2 Å². The van der Waals surface area contributed by atoms with Crippen LogP contribution in [-0.2, 0) is 4.74 Å². The highest BCUT2D eigenvalue weighted by Gasteiger charge is 2.26. The molecule has 0 spiro atoms. The average molecular weight is 471 g/mol. The first-order valence-electron chi connectivity index (χ1n) is 9.68. The highest BCUT2D eigenvalue weighted by Crippen LogP contribution is 2.36. The van der Waals surface area contributed by atoms with Gasteiger partial charge in [-0.25, -0.2) is 4.79 Å². The first-order valence-corrected chi connectivity index (χ1v) is 9.68. The Bertz CT molecular complexity index is 1570. The van der Waals surface area contributed by atoms with Crippen LogP contribution >= 0.6 is 0 Å². The quantitative estimate of drug-likeness (QED) is 0.158. The first-order chi connectivity index (χ1) is 16.1. The number of pyridine rings is 1. The van der Waals surface area contributed by atoms with E-state index in [0.717, 1.165) is 30.7 Å². The molecular weight excluding hydrogens is 454 g/mol. The molecule has 0 aliphatic carbocycles. The Balaban J connectivity index is 1.96. The fourth-order valence-electron chi connectivity index (χ4n) is 3.39. The summed E-state index contributed by atoms with van der Waals surface area (Å²) in [4.78, 5) is 41.6. The molecule has 7 N–H and O–H groups in total.